The molecule has 2 aromatic carbocycles. The Hall–Kier alpha value is -3.06. The molecule has 0 bridgehead atoms. The van der Waals surface area contributed by atoms with Crippen molar-refractivity contribution in [2.24, 2.45) is 5.41 Å². The van der Waals surface area contributed by atoms with Crippen molar-refractivity contribution in [1.82, 2.24) is 19.8 Å². The third-order valence-electron chi connectivity index (χ3n) is 6.52. The minimum atomic E-state index is -0.162. The van der Waals surface area contributed by atoms with Gasteiger partial charge in [-0.3, -0.25) is 0 Å². The summed E-state index contributed by atoms with van der Waals surface area (Å²) in [5.41, 5.74) is 2.05. The predicted molar refractivity (Wildman–Crippen MR) is 122 cm³/mol. The maximum Gasteiger partial charge on any atom is 0.329 e. The van der Waals surface area contributed by atoms with Gasteiger partial charge in [-0.1, -0.05) is 30.3 Å². The minimum Gasteiger partial charge on any atom is -0.492 e. The molecule has 0 aliphatic carbocycles. The molecule has 0 atom stereocenters. The third kappa shape index (κ3) is 3.97. The number of amides is 1. The van der Waals surface area contributed by atoms with Crippen molar-refractivity contribution in [1.29, 1.82) is 0 Å². The van der Waals surface area contributed by atoms with Crippen LogP contribution < -0.4 is 15.0 Å². The Kier molecular flexibility index (Phi) is 5.28. The first-order valence-electron chi connectivity index (χ1n) is 11.0. The van der Waals surface area contributed by atoms with Crippen LogP contribution in [0.3, 0.4) is 0 Å². The van der Waals surface area contributed by atoms with E-state index in [4.69, 9.17) is 9.72 Å². The number of anilines is 1. The van der Waals surface area contributed by atoms with Gasteiger partial charge in [-0.2, -0.15) is 0 Å². The lowest BCUT2D eigenvalue weighted by Crippen LogP contribution is -2.61. The predicted octanol–water partition coefficient (Wildman–Crippen LogP) is 3.21. The summed E-state index contributed by atoms with van der Waals surface area (Å²) in [6, 6.07) is 17.3. The Morgan fingerprint density at radius 2 is 1.77 bits per heavy atom. The van der Waals surface area contributed by atoms with Crippen LogP contribution >= 0.6 is 0 Å². The Labute approximate surface area is 182 Å². The fourth-order valence-corrected chi connectivity index (χ4v) is 4.66. The second-order valence-electron chi connectivity index (χ2n) is 8.79. The lowest BCUT2D eigenvalue weighted by atomic mass is 9.72. The van der Waals surface area contributed by atoms with E-state index in [0.717, 1.165) is 48.9 Å². The normalized spacial score (nSPS) is 18.2. The highest BCUT2D eigenvalue weighted by molar-refractivity contribution is 5.93. The maximum absolute atomic E-state index is 13.1. The number of rotatable bonds is 5. The monoisotopic (exact) mass is 419 g/mol. The van der Waals surface area contributed by atoms with Gasteiger partial charge >= 0.3 is 6.03 Å². The summed E-state index contributed by atoms with van der Waals surface area (Å²) in [5.74, 6) is 1.54. The van der Waals surface area contributed by atoms with Crippen molar-refractivity contribution >= 4 is 23.0 Å². The average molecular weight is 420 g/mol. The van der Waals surface area contributed by atoms with Crippen LogP contribution in [0.25, 0.3) is 11.0 Å². The van der Waals surface area contributed by atoms with Crippen molar-refractivity contribution in [3.8, 4) is 5.75 Å². The van der Waals surface area contributed by atoms with Crippen molar-refractivity contribution in [2.45, 2.75) is 12.8 Å². The van der Waals surface area contributed by atoms with Crippen molar-refractivity contribution in [3.05, 3.63) is 54.6 Å². The summed E-state index contributed by atoms with van der Waals surface area (Å²) in [5, 5.41) is 2.99. The first kappa shape index (κ1) is 19.9. The molecule has 0 unspecified atom stereocenters. The smallest absolute Gasteiger partial charge is 0.329 e. The molecule has 3 heterocycles. The highest BCUT2D eigenvalue weighted by Crippen LogP contribution is 2.42. The molecule has 0 saturated carbocycles. The Bertz CT molecular complexity index is 1050. The van der Waals surface area contributed by atoms with Crippen LogP contribution in [-0.2, 0) is 0 Å². The number of nitrogens with one attached hydrogen (secondary N) is 1. The first-order chi connectivity index (χ1) is 15.1. The molecule has 162 valence electrons. The van der Waals surface area contributed by atoms with Gasteiger partial charge in [0.25, 0.3) is 0 Å². The molecule has 2 aliphatic heterocycles. The molecule has 3 aromatic rings. The fourth-order valence-electron chi connectivity index (χ4n) is 4.66. The fraction of sp³-hybridized carbons (Fsp3) is 0.417. The average Bonchev–Trinajstić information content (AvgIpc) is 3.16. The number of fused-ring (bicyclic) bond motifs is 1. The molecule has 1 aromatic heterocycles. The number of imidazole rings is 1. The number of ether oxygens (including phenoxy) is 1. The summed E-state index contributed by atoms with van der Waals surface area (Å²) in [6.45, 7) is 5.06. The number of piperidine rings is 1. The minimum absolute atomic E-state index is 0.162. The second-order valence-corrected chi connectivity index (χ2v) is 8.79. The van der Waals surface area contributed by atoms with E-state index in [1.807, 2.05) is 54.6 Å². The molecule has 31 heavy (non-hydrogen) atoms. The SMILES string of the molecule is CN1CCC2(CC1)CN(c1nc3ccccc3n1C(=O)NCCOc1ccccc1)C2. The molecule has 2 saturated heterocycles. The summed E-state index contributed by atoms with van der Waals surface area (Å²) in [4.78, 5) is 22.6. The van der Waals surface area contributed by atoms with Crippen LogP contribution in [0.2, 0.25) is 0 Å². The number of carbonyl (C=O) groups is 1. The van der Waals surface area contributed by atoms with E-state index in [9.17, 15) is 4.79 Å². The van der Waals surface area contributed by atoms with Gasteiger partial charge in [0.2, 0.25) is 5.95 Å². The van der Waals surface area contributed by atoms with Gasteiger partial charge in [0.05, 0.1) is 17.6 Å². The molecular weight excluding hydrogens is 390 g/mol. The largest absolute Gasteiger partial charge is 0.492 e. The first-order valence-corrected chi connectivity index (χ1v) is 11.0. The van der Waals surface area contributed by atoms with Crippen LogP contribution in [0.1, 0.15) is 12.8 Å². The third-order valence-corrected chi connectivity index (χ3v) is 6.52. The van der Waals surface area contributed by atoms with Crippen molar-refractivity contribution in [3.63, 3.8) is 0 Å². The summed E-state index contributed by atoms with van der Waals surface area (Å²) in [7, 11) is 2.19. The van der Waals surface area contributed by atoms with Gasteiger partial charge in [0.15, 0.2) is 0 Å². The molecule has 5 rings (SSSR count). The van der Waals surface area contributed by atoms with Crippen molar-refractivity contribution in [2.75, 3.05) is 51.3 Å². The van der Waals surface area contributed by atoms with Crippen LogP contribution in [-0.4, -0.2) is 66.9 Å². The summed E-state index contributed by atoms with van der Waals surface area (Å²) < 4.78 is 7.42. The number of hydrogen-bond acceptors (Lipinski definition) is 5. The maximum atomic E-state index is 13.1. The number of benzene rings is 2. The molecule has 7 heteroatoms. The Morgan fingerprint density at radius 1 is 1.06 bits per heavy atom. The Morgan fingerprint density at radius 3 is 2.55 bits per heavy atom. The van der Waals surface area contributed by atoms with E-state index in [1.54, 1.807) is 4.57 Å². The number of carbonyl (C=O) groups excluding carboxylic acids is 1. The van der Waals surface area contributed by atoms with E-state index in [2.05, 4.69) is 22.2 Å². The highest BCUT2D eigenvalue weighted by atomic mass is 16.5. The van der Waals surface area contributed by atoms with Gasteiger partial charge in [0.1, 0.15) is 12.4 Å². The van der Waals surface area contributed by atoms with E-state index in [1.165, 1.54) is 12.8 Å². The number of nitrogens with zero attached hydrogens (tertiary/aromatic N) is 4. The van der Waals surface area contributed by atoms with Crippen molar-refractivity contribution < 1.29 is 9.53 Å². The zero-order chi connectivity index (χ0) is 21.3. The number of para-hydroxylation sites is 3. The highest BCUT2D eigenvalue weighted by Gasteiger charge is 2.46. The zero-order valence-electron chi connectivity index (χ0n) is 18.0. The standard InChI is InChI=1S/C24H29N5O2/c1-27-14-11-24(12-15-27)17-28(18-24)22-26-20-9-5-6-10-21(20)29(22)23(30)25-13-16-31-19-7-3-2-4-8-19/h2-10H,11-18H2,1H3,(H,25,30). The summed E-state index contributed by atoms with van der Waals surface area (Å²) >= 11 is 0. The molecule has 2 aliphatic rings. The molecular formula is C24H29N5O2. The molecule has 7 nitrogen and oxygen atoms in total. The Balaban J connectivity index is 1.28. The lowest BCUT2D eigenvalue weighted by Gasteiger charge is -2.53. The molecule has 1 N–H and O–H groups in total. The van der Waals surface area contributed by atoms with E-state index >= 15 is 0 Å². The second kappa shape index (κ2) is 8.23. The summed E-state index contributed by atoms with van der Waals surface area (Å²) in [6.07, 6.45) is 2.42. The van der Waals surface area contributed by atoms with E-state index in [0.29, 0.717) is 18.6 Å². The van der Waals surface area contributed by atoms with Crippen LogP contribution in [0.15, 0.2) is 54.6 Å². The molecule has 0 radical (unpaired) electrons. The van der Waals surface area contributed by atoms with Gasteiger partial charge in [-0.25, -0.2) is 14.3 Å². The van der Waals surface area contributed by atoms with Gasteiger partial charge in [0, 0.05) is 18.5 Å². The molecule has 2 fully saturated rings. The molecule has 1 amide bonds. The quantitative estimate of drug-likeness (QED) is 0.644. The van der Waals surface area contributed by atoms with Gasteiger partial charge in [-0.15, -0.1) is 0 Å². The zero-order valence-corrected chi connectivity index (χ0v) is 18.0. The lowest BCUT2D eigenvalue weighted by molar-refractivity contribution is 0.0892. The van der Waals surface area contributed by atoms with Crippen LogP contribution in [0.5, 0.6) is 5.75 Å². The van der Waals surface area contributed by atoms with E-state index in [-0.39, 0.29) is 6.03 Å². The van der Waals surface area contributed by atoms with Crippen LogP contribution in [0.4, 0.5) is 10.7 Å². The molecule has 1 spiro atoms. The topological polar surface area (TPSA) is 62.6 Å². The number of hydrogen-bond donors (Lipinski definition) is 1. The van der Waals surface area contributed by atoms with E-state index < -0.39 is 0 Å². The van der Waals surface area contributed by atoms with Crippen LogP contribution in [0, 0.1) is 5.41 Å². The van der Waals surface area contributed by atoms with Gasteiger partial charge < -0.3 is 19.9 Å². The van der Waals surface area contributed by atoms with Gasteiger partial charge in [-0.05, 0) is 57.2 Å². The number of aromatic nitrogens is 2. The number of likely N-dealkylation sites (tertiary alicyclic amines) is 1.